The number of fused-ring (bicyclic) bond motifs is 3. The number of hydrogen-bond donors (Lipinski definition) is 4. The number of carbonyl (C=O) groups is 5. The summed E-state index contributed by atoms with van der Waals surface area (Å²) in [5.41, 5.74) is 8.46. The molecule has 2 aliphatic heterocycles. The minimum Gasteiger partial charge on any atom is -0.480 e. The van der Waals surface area contributed by atoms with Crippen LogP contribution in [0.4, 0.5) is 13.2 Å². The quantitative estimate of drug-likeness (QED) is 0.263. The summed E-state index contributed by atoms with van der Waals surface area (Å²) >= 11 is 0.824. The Hall–Kier alpha value is -4.69. The van der Waals surface area contributed by atoms with Crippen molar-refractivity contribution in [3.05, 3.63) is 107 Å². The molecule has 5 N–H and O–H groups in total. The SMILES string of the molecule is C[C@](N)(c1ccccc1)[C@](C)(SC(=O)c1ccccc1)C(=O)N[C@H]1Cc2ccccc2[C@H]2CCC[C@@H](C(=O)O)N2C1=O.O=C(O)C(F)(F)F. The number of aliphatic carboxylic acids is 2. The van der Waals surface area contributed by atoms with E-state index in [-0.39, 0.29) is 11.5 Å². The van der Waals surface area contributed by atoms with E-state index in [9.17, 15) is 37.5 Å². The Labute approximate surface area is 284 Å². The van der Waals surface area contributed by atoms with E-state index in [0.717, 1.165) is 22.9 Å². The van der Waals surface area contributed by atoms with Crippen molar-refractivity contribution in [2.24, 2.45) is 5.73 Å². The predicted octanol–water partition coefficient (Wildman–Crippen LogP) is 5.07. The predicted molar refractivity (Wildman–Crippen MR) is 175 cm³/mol. The van der Waals surface area contributed by atoms with Crippen molar-refractivity contribution in [2.45, 2.75) is 74.1 Å². The Morgan fingerprint density at radius 2 is 1.43 bits per heavy atom. The summed E-state index contributed by atoms with van der Waals surface area (Å²) in [6.07, 6.45) is -3.23. The third-order valence-corrected chi connectivity index (χ3v) is 10.4. The van der Waals surface area contributed by atoms with E-state index >= 15 is 0 Å². The standard InChI is InChI=1S/C33H35N3O5S.C2HF3O2/c1-32(34,23-15-7-4-8-16-23)33(2,42-30(40)21-12-5-3-6-13-21)31(41)35-25-20-22-14-9-10-17-24(22)26-18-11-19-27(29(38)39)36(26)28(25)37;3-2(4,5)1(6)7/h3-10,12-17,25-27H,11,18-20,34H2,1-2H3,(H,35,41)(H,38,39);(H,6,7)/t25-,26+,27-,32-,33+;/m0./s1. The highest BCUT2D eigenvalue weighted by Gasteiger charge is 2.53. The van der Waals surface area contributed by atoms with Crippen molar-refractivity contribution in [3.8, 4) is 0 Å². The van der Waals surface area contributed by atoms with Crippen LogP contribution in [0.1, 0.15) is 66.2 Å². The number of nitrogens with one attached hydrogen (secondary N) is 1. The molecule has 0 unspecified atom stereocenters. The molecule has 10 nitrogen and oxygen atoms in total. The lowest BCUT2D eigenvalue weighted by molar-refractivity contribution is -0.192. The zero-order valence-corrected chi connectivity index (χ0v) is 27.5. The monoisotopic (exact) mass is 699 g/mol. The number of piperidine rings is 1. The number of nitrogens with zero attached hydrogens (tertiary/aromatic N) is 1. The van der Waals surface area contributed by atoms with Crippen LogP contribution in [0.5, 0.6) is 0 Å². The first-order valence-corrected chi connectivity index (χ1v) is 16.2. The van der Waals surface area contributed by atoms with Crippen molar-refractivity contribution in [2.75, 3.05) is 0 Å². The number of carboxylic acids is 2. The minimum absolute atomic E-state index is 0.195. The fraction of sp³-hybridized carbons (Fsp3) is 0.343. The van der Waals surface area contributed by atoms with Crippen molar-refractivity contribution in [3.63, 3.8) is 0 Å². The van der Waals surface area contributed by atoms with Crippen LogP contribution in [0.2, 0.25) is 0 Å². The average molecular weight is 700 g/mol. The number of nitrogens with two attached hydrogens (primary N) is 1. The lowest BCUT2D eigenvalue weighted by Crippen LogP contribution is -2.64. The van der Waals surface area contributed by atoms with Gasteiger partial charge in [-0.25, -0.2) is 9.59 Å². The number of benzene rings is 3. The van der Waals surface area contributed by atoms with E-state index in [0.29, 0.717) is 30.4 Å². The van der Waals surface area contributed by atoms with Gasteiger partial charge in [-0.1, -0.05) is 96.7 Å². The molecule has 3 aromatic rings. The largest absolute Gasteiger partial charge is 0.490 e. The molecular weight excluding hydrogens is 663 g/mol. The molecule has 0 spiro atoms. The maximum absolute atomic E-state index is 14.4. The number of thioether (sulfide) groups is 1. The molecule has 0 bridgehead atoms. The Morgan fingerprint density at radius 3 is 2.00 bits per heavy atom. The van der Waals surface area contributed by atoms with Gasteiger partial charge >= 0.3 is 18.1 Å². The number of halogens is 3. The lowest BCUT2D eigenvalue weighted by atomic mass is 9.80. The summed E-state index contributed by atoms with van der Waals surface area (Å²) in [6, 6.07) is 22.9. The fourth-order valence-corrected chi connectivity index (χ4v) is 7.17. The first-order chi connectivity index (χ1) is 23.0. The molecule has 14 heteroatoms. The van der Waals surface area contributed by atoms with Crippen molar-refractivity contribution in [1.29, 1.82) is 0 Å². The third kappa shape index (κ3) is 7.97. The summed E-state index contributed by atoms with van der Waals surface area (Å²) < 4.78 is 30.2. The molecule has 1 saturated heterocycles. The van der Waals surface area contributed by atoms with E-state index in [1.165, 1.54) is 4.90 Å². The highest BCUT2D eigenvalue weighted by molar-refractivity contribution is 8.16. The molecule has 2 heterocycles. The zero-order valence-electron chi connectivity index (χ0n) is 26.6. The van der Waals surface area contributed by atoms with Crippen molar-refractivity contribution >= 4 is 40.6 Å². The molecule has 5 rings (SSSR count). The highest BCUT2D eigenvalue weighted by atomic mass is 32.2. The second kappa shape index (κ2) is 14.8. The topological polar surface area (TPSA) is 167 Å². The summed E-state index contributed by atoms with van der Waals surface area (Å²) in [5, 5.41) is 19.8. The Morgan fingerprint density at radius 1 is 0.878 bits per heavy atom. The molecule has 2 aliphatic rings. The maximum atomic E-state index is 14.4. The van der Waals surface area contributed by atoms with Crippen LogP contribution in [-0.4, -0.2) is 67.0 Å². The van der Waals surface area contributed by atoms with Crippen LogP contribution < -0.4 is 11.1 Å². The second-order valence-corrected chi connectivity index (χ2v) is 13.5. The van der Waals surface area contributed by atoms with Gasteiger partial charge in [-0.2, -0.15) is 13.2 Å². The Kier molecular flexibility index (Phi) is 11.2. The molecule has 3 aromatic carbocycles. The van der Waals surface area contributed by atoms with Crippen LogP contribution in [-0.2, 0) is 31.1 Å². The molecule has 0 saturated carbocycles. The number of alkyl halides is 3. The molecule has 0 aliphatic carbocycles. The van der Waals surface area contributed by atoms with Crippen LogP contribution in [0.25, 0.3) is 0 Å². The summed E-state index contributed by atoms with van der Waals surface area (Å²) in [7, 11) is 0. The van der Waals surface area contributed by atoms with E-state index < -0.39 is 58.3 Å². The summed E-state index contributed by atoms with van der Waals surface area (Å²) in [5.74, 6) is -4.85. The van der Waals surface area contributed by atoms with Crippen LogP contribution >= 0.6 is 11.8 Å². The Bertz CT molecular complexity index is 1710. The Balaban J connectivity index is 0.000000698. The first kappa shape index (κ1) is 37.1. The van der Waals surface area contributed by atoms with Gasteiger partial charge in [0.05, 0.1) is 11.6 Å². The van der Waals surface area contributed by atoms with Gasteiger partial charge in [0.2, 0.25) is 16.9 Å². The van der Waals surface area contributed by atoms with Crippen LogP contribution in [0.15, 0.2) is 84.9 Å². The molecule has 0 radical (unpaired) electrons. The summed E-state index contributed by atoms with van der Waals surface area (Å²) in [6.45, 7) is 3.33. The van der Waals surface area contributed by atoms with E-state index in [1.54, 1.807) is 44.2 Å². The summed E-state index contributed by atoms with van der Waals surface area (Å²) in [4.78, 5) is 64.7. The maximum Gasteiger partial charge on any atom is 0.490 e. The number of hydrogen-bond acceptors (Lipinski definition) is 7. The highest BCUT2D eigenvalue weighted by Crippen LogP contribution is 2.44. The van der Waals surface area contributed by atoms with E-state index in [2.05, 4.69) is 5.32 Å². The van der Waals surface area contributed by atoms with E-state index in [1.807, 2.05) is 54.6 Å². The number of carboxylic acid groups (broad SMARTS) is 2. The average Bonchev–Trinajstić information content (AvgIpc) is 3.19. The van der Waals surface area contributed by atoms with Gasteiger partial charge in [-0.05, 0) is 49.8 Å². The van der Waals surface area contributed by atoms with Gasteiger partial charge in [0, 0.05) is 12.0 Å². The minimum atomic E-state index is -5.08. The second-order valence-electron chi connectivity index (χ2n) is 12.1. The molecule has 0 aromatic heterocycles. The van der Waals surface area contributed by atoms with Gasteiger partial charge in [-0.3, -0.25) is 14.4 Å². The van der Waals surface area contributed by atoms with Crippen molar-refractivity contribution in [1.82, 2.24) is 10.2 Å². The number of amides is 2. The van der Waals surface area contributed by atoms with Crippen LogP contribution in [0, 0.1) is 0 Å². The van der Waals surface area contributed by atoms with Gasteiger partial charge in [0.25, 0.3) is 0 Å². The van der Waals surface area contributed by atoms with Crippen molar-refractivity contribution < 1.29 is 47.4 Å². The van der Waals surface area contributed by atoms with Gasteiger partial charge in [0.1, 0.15) is 16.8 Å². The molecular formula is C35H36F3N3O7S. The van der Waals surface area contributed by atoms with Crippen LogP contribution in [0.3, 0.4) is 0 Å². The van der Waals surface area contributed by atoms with Gasteiger partial charge < -0.3 is 26.2 Å². The van der Waals surface area contributed by atoms with Gasteiger partial charge in [-0.15, -0.1) is 0 Å². The fourth-order valence-electron chi connectivity index (χ4n) is 6.06. The normalized spacial score (nSPS) is 21.2. The molecule has 5 atom stereocenters. The molecule has 49 heavy (non-hydrogen) atoms. The lowest BCUT2D eigenvalue weighted by Gasteiger charge is -2.43. The molecule has 2 amide bonds. The third-order valence-electron chi connectivity index (χ3n) is 8.95. The number of carbonyl (C=O) groups excluding carboxylic acids is 3. The smallest absolute Gasteiger partial charge is 0.480 e. The molecule has 1 fully saturated rings. The zero-order chi connectivity index (χ0) is 36.1. The number of rotatable bonds is 7. The van der Waals surface area contributed by atoms with Gasteiger partial charge in [0.15, 0.2) is 0 Å². The first-order valence-electron chi connectivity index (χ1n) is 15.4. The molecule has 260 valence electrons. The van der Waals surface area contributed by atoms with E-state index in [4.69, 9.17) is 15.6 Å².